The fraction of sp³-hybridized carbons (Fsp3) is 0.513. The number of nitrogens with zero attached hydrogens (tertiary/aromatic N) is 8. The number of fused-ring (bicyclic) bond motifs is 1. The van der Waals surface area contributed by atoms with E-state index < -0.39 is 16.1 Å². The van der Waals surface area contributed by atoms with Crippen LogP contribution in [0.15, 0.2) is 59.8 Å². The van der Waals surface area contributed by atoms with Crippen LogP contribution in [0.4, 0.5) is 22.2 Å². The minimum atomic E-state index is -3.59. The number of piperidine rings is 2. The number of aromatic nitrogens is 4. The van der Waals surface area contributed by atoms with Crippen molar-refractivity contribution in [1.82, 2.24) is 34.3 Å². The Balaban J connectivity index is 0.733. The highest BCUT2D eigenvalue weighted by Gasteiger charge is 2.52. The maximum absolute atomic E-state index is 13.7. The number of imide groups is 1. The molecule has 14 nitrogen and oxygen atoms in total. The standard InChI is InChI=1S/C39H47ClN10O4S/c1-46-34-17-28(5-6-33(34)36(45-46)50-16-11-35(51)44-38(50)52)27-7-12-47(13-8-27)23-26-19-39(20-26)24-48(25-39)31-3-2-4-32(18-31)55(53,54)49-14-9-30(10-15-49)43-37-41-21-29(40)22-42-37/h2-6,17-18,21-22,26-27,30H,7-16,19-20,23-25H2,1H3,(H,41,42,43)(H,44,51,52). The predicted octanol–water partition coefficient (Wildman–Crippen LogP) is 4.82. The molecular weight excluding hydrogens is 740 g/mol. The number of hydrogen-bond acceptors (Lipinski definition) is 10. The van der Waals surface area contributed by atoms with Gasteiger partial charge in [-0.05, 0) is 99.3 Å². The van der Waals surface area contributed by atoms with Gasteiger partial charge < -0.3 is 15.1 Å². The average molecular weight is 787 g/mol. The van der Waals surface area contributed by atoms with E-state index in [2.05, 4.69) is 53.7 Å². The molecule has 3 amide bonds. The first-order chi connectivity index (χ1) is 26.5. The van der Waals surface area contributed by atoms with Crippen LogP contribution in [0.3, 0.4) is 0 Å². The van der Waals surface area contributed by atoms with E-state index in [1.54, 1.807) is 27.7 Å². The molecule has 1 saturated carbocycles. The van der Waals surface area contributed by atoms with Gasteiger partial charge in [0, 0.05) is 75.3 Å². The number of aryl methyl sites for hydroxylation is 1. The first-order valence-electron chi connectivity index (χ1n) is 19.4. The summed E-state index contributed by atoms with van der Waals surface area (Å²) < 4.78 is 30.7. The van der Waals surface area contributed by atoms with Crippen molar-refractivity contribution in [2.45, 2.75) is 61.8 Å². The average Bonchev–Trinajstić information content (AvgIpc) is 3.48. The highest BCUT2D eigenvalue weighted by molar-refractivity contribution is 7.89. The first kappa shape index (κ1) is 36.3. The highest BCUT2D eigenvalue weighted by atomic mass is 35.5. The van der Waals surface area contributed by atoms with Gasteiger partial charge in [0.15, 0.2) is 5.82 Å². The minimum absolute atomic E-state index is 0.103. The molecule has 2 aromatic carbocycles. The summed E-state index contributed by atoms with van der Waals surface area (Å²) in [7, 11) is -1.69. The molecule has 16 heteroatoms. The van der Waals surface area contributed by atoms with E-state index in [1.807, 2.05) is 29.9 Å². The van der Waals surface area contributed by atoms with Crippen LogP contribution in [0.1, 0.15) is 56.4 Å². The van der Waals surface area contributed by atoms with Crippen molar-refractivity contribution in [3.05, 3.63) is 65.4 Å². The Morgan fingerprint density at radius 3 is 2.42 bits per heavy atom. The number of hydrogen-bond donors (Lipinski definition) is 2. The first-order valence-corrected chi connectivity index (χ1v) is 21.2. The van der Waals surface area contributed by atoms with Crippen LogP contribution < -0.4 is 20.4 Å². The van der Waals surface area contributed by atoms with Crippen molar-refractivity contribution >= 4 is 61.9 Å². The molecule has 1 aliphatic carbocycles. The lowest BCUT2D eigenvalue weighted by Gasteiger charge is -2.60. The summed E-state index contributed by atoms with van der Waals surface area (Å²) in [5.41, 5.74) is 3.65. The van der Waals surface area contributed by atoms with E-state index in [1.165, 1.54) is 18.4 Å². The number of rotatable bonds is 9. The van der Waals surface area contributed by atoms with Crippen molar-refractivity contribution < 1.29 is 18.0 Å². The van der Waals surface area contributed by atoms with Gasteiger partial charge in [-0.3, -0.25) is 19.7 Å². The van der Waals surface area contributed by atoms with Gasteiger partial charge in [0.1, 0.15) is 0 Å². The van der Waals surface area contributed by atoms with Gasteiger partial charge in [-0.25, -0.2) is 23.2 Å². The van der Waals surface area contributed by atoms with Crippen LogP contribution >= 0.6 is 11.6 Å². The fourth-order valence-electron chi connectivity index (χ4n) is 9.59. The van der Waals surface area contributed by atoms with E-state index in [9.17, 15) is 18.0 Å². The smallest absolute Gasteiger partial charge is 0.329 e. The summed E-state index contributed by atoms with van der Waals surface area (Å²) in [6.07, 6.45) is 9.42. The third-order valence-electron chi connectivity index (χ3n) is 12.5. The maximum atomic E-state index is 13.7. The van der Waals surface area contributed by atoms with E-state index >= 15 is 0 Å². The van der Waals surface area contributed by atoms with Gasteiger partial charge in [0.25, 0.3) is 0 Å². The Labute approximate surface area is 326 Å². The van der Waals surface area contributed by atoms with Crippen molar-refractivity contribution in [2.24, 2.45) is 18.4 Å². The molecule has 5 fully saturated rings. The predicted molar refractivity (Wildman–Crippen MR) is 211 cm³/mol. The summed E-state index contributed by atoms with van der Waals surface area (Å²) in [4.78, 5) is 39.4. The number of benzene rings is 2. The number of sulfonamides is 1. The second-order valence-electron chi connectivity index (χ2n) is 16.2. The van der Waals surface area contributed by atoms with Crippen molar-refractivity contribution in [1.29, 1.82) is 0 Å². The van der Waals surface area contributed by atoms with Crippen molar-refractivity contribution in [3.8, 4) is 0 Å². The largest absolute Gasteiger partial charge is 0.370 e. The molecule has 0 unspecified atom stereocenters. The monoisotopic (exact) mass is 786 g/mol. The number of likely N-dealkylation sites (tertiary alicyclic amines) is 1. The lowest BCUT2D eigenvalue weighted by Crippen LogP contribution is -2.63. The van der Waals surface area contributed by atoms with Crippen LogP contribution in [-0.4, -0.2) is 108 Å². The van der Waals surface area contributed by atoms with E-state index in [0.717, 1.165) is 62.2 Å². The van der Waals surface area contributed by atoms with Gasteiger partial charge in [-0.2, -0.15) is 9.40 Å². The Morgan fingerprint density at radius 1 is 0.945 bits per heavy atom. The summed E-state index contributed by atoms with van der Waals surface area (Å²) >= 11 is 5.90. The highest BCUT2D eigenvalue weighted by Crippen LogP contribution is 2.53. The molecule has 4 aliphatic heterocycles. The number of amides is 3. The van der Waals surface area contributed by atoms with Crippen molar-refractivity contribution in [2.75, 3.05) is 67.5 Å². The zero-order chi connectivity index (χ0) is 37.9. The molecule has 0 radical (unpaired) electrons. The quantitative estimate of drug-likeness (QED) is 0.242. The molecule has 5 aliphatic rings. The number of halogens is 1. The van der Waals surface area contributed by atoms with Crippen LogP contribution in [0.2, 0.25) is 5.02 Å². The van der Waals surface area contributed by atoms with E-state index in [0.29, 0.717) is 71.4 Å². The molecular formula is C39H47ClN10O4S. The summed E-state index contributed by atoms with van der Waals surface area (Å²) in [5, 5.41) is 11.7. The second-order valence-corrected chi connectivity index (χ2v) is 18.6. The Kier molecular flexibility index (Phi) is 9.46. The summed E-state index contributed by atoms with van der Waals surface area (Å²) in [5.74, 6) is 2.05. The topological polar surface area (TPSA) is 149 Å². The lowest BCUT2D eigenvalue weighted by molar-refractivity contribution is -0.120. The molecule has 4 saturated heterocycles. The lowest BCUT2D eigenvalue weighted by atomic mass is 9.57. The summed E-state index contributed by atoms with van der Waals surface area (Å²) in [6, 6.07) is 13.7. The number of nitrogens with one attached hydrogen (secondary N) is 2. The number of carbonyl (C=O) groups excluding carboxylic acids is 2. The molecule has 9 rings (SSSR count). The Hall–Kier alpha value is -4.31. The van der Waals surface area contributed by atoms with Crippen LogP contribution in [0.5, 0.6) is 0 Å². The third kappa shape index (κ3) is 7.15. The summed E-state index contributed by atoms with van der Waals surface area (Å²) in [6.45, 7) is 6.51. The molecule has 290 valence electrons. The molecule has 1 spiro atoms. The van der Waals surface area contributed by atoms with Crippen LogP contribution in [0, 0.1) is 11.3 Å². The zero-order valence-corrected chi connectivity index (χ0v) is 32.6. The van der Waals surface area contributed by atoms with E-state index in [4.69, 9.17) is 11.6 Å². The molecule has 55 heavy (non-hydrogen) atoms. The van der Waals surface area contributed by atoms with Gasteiger partial charge in [0.05, 0.1) is 27.8 Å². The fourth-order valence-corrected chi connectivity index (χ4v) is 11.2. The van der Waals surface area contributed by atoms with Gasteiger partial charge in [0.2, 0.25) is 21.9 Å². The Morgan fingerprint density at radius 2 is 1.69 bits per heavy atom. The minimum Gasteiger partial charge on any atom is -0.370 e. The van der Waals surface area contributed by atoms with E-state index in [-0.39, 0.29) is 18.4 Å². The third-order valence-corrected chi connectivity index (χ3v) is 14.6. The second kappa shape index (κ2) is 14.3. The molecule has 2 aromatic heterocycles. The van der Waals surface area contributed by atoms with Crippen LogP contribution in [-0.2, 0) is 21.9 Å². The zero-order valence-electron chi connectivity index (χ0n) is 31.0. The van der Waals surface area contributed by atoms with Gasteiger partial charge >= 0.3 is 6.03 Å². The molecule has 4 aromatic rings. The Bertz CT molecular complexity index is 2200. The normalized spacial score (nSPS) is 21.9. The molecule has 2 N–H and O–H groups in total. The van der Waals surface area contributed by atoms with Gasteiger partial charge in [-0.15, -0.1) is 0 Å². The number of anilines is 3. The number of carbonyl (C=O) groups is 2. The SMILES string of the molecule is Cn1nc(N2CCC(=O)NC2=O)c2ccc(C3CCN(CC4CC5(C4)CN(c4cccc(S(=O)(=O)N6CCC(Nc7ncc(Cl)cn7)CC6)c4)C5)CC3)cc21. The molecule has 6 heterocycles. The molecule has 0 bridgehead atoms. The number of urea groups is 1. The van der Waals surface area contributed by atoms with Crippen LogP contribution in [0.25, 0.3) is 10.9 Å². The van der Waals surface area contributed by atoms with Gasteiger partial charge in [-0.1, -0.05) is 23.7 Å². The molecule has 0 atom stereocenters. The van der Waals surface area contributed by atoms with Crippen molar-refractivity contribution in [3.63, 3.8) is 0 Å². The maximum Gasteiger partial charge on any atom is 0.329 e.